The predicted octanol–water partition coefficient (Wildman–Crippen LogP) is 1.47. The molecule has 16 heavy (non-hydrogen) atoms. The standard InChI is InChI=1S/C12H23NO3/c1-4-13(12(2,3)11(15)16)9-7-5-6-8-10(9)14/h9-10,14H,4-8H2,1-3H3,(H,15,16). The summed E-state index contributed by atoms with van der Waals surface area (Å²) in [7, 11) is 0. The summed E-state index contributed by atoms with van der Waals surface area (Å²) in [6.07, 6.45) is 3.42. The average molecular weight is 229 g/mol. The van der Waals surface area contributed by atoms with E-state index in [1.807, 2.05) is 11.8 Å². The van der Waals surface area contributed by atoms with Crippen LogP contribution in [-0.4, -0.2) is 45.3 Å². The summed E-state index contributed by atoms with van der Waals surface area (Å²) < 4.78 is 0. The van der Waals surface area contributed by atoms with E-state index in [9.17, 15) is 15.0 Å². The number of hydrogen-bond donors (Lipinski definition) is 2. The minimum Gasteiger partial charge on any atom is -0.480 e. The Labute approximate surface area is 97.3 Å². The van der Waals surface area contributed by atoms with E-state index in [-0.39, 0.29) is 12.1 Å². The molecule has 0 aromatic heterocycles. The van der Waals surface area contributed by atoms with Gasteiger partial charge in [0.2, 0.25) is 0 Å². The van der Waals surface area contributed by atoms with Crippen molar-refractivity contribution >= 4 is 5.97 Å². The van der Waals surface area contributed by atoms with E-state index in [1.165, 1.54) is 0 Å². The lowest BCUT2D eigenvalue weighted by Gasteiger charge is -2.44. The highest BCUT2D eigenvalue weighted by atomic mass is 16.4. The first-order chi connectivity index (χ1) is 7.41. The van der Waals surface area contributed by atoms with E-state index < -0.39 is 11.5 Å². The van der Waals surface area contributed by atoms with Gasteiger partial charge in [-0.3, -0.25) is 9.69 Å². The second-order valence-corrected chi connectivity index (χ2v) is 5.07. The molecule has 4 heteroatoms. The molecule has 0 aliphatic heterocycles. The number of carboxylic acid groups (broad SMARTS) is 1. The van der Waals surface area contributed by atoms with Crippen LogP contribution in [0.1, 0.15) is 46.5 Å². The van der Waals surface area contributed by atoms with Gasteiger partial charge in [0.25, 0.3) is 0 Å². The van der Waals surface area contributed by atoms with Gasteiger partial charge < -0.3 is 10.2 Å². The third kappa shape index (κ3) is 2.55. The predicted molar refractivity (Wildman–Crippen MR) is 62.4 cm³/mol. The Morgan fingerprint density at radius 3 is 2.38 bits per heavy atom. The molecule has 2 atom stereocenters. The number of hydrogen-bond acceptors (Lipinski definition) is 3. The molecule has 1 saturated carbocycles. The highest BCUT2D eigenvalue weighted by molar-refractivity contribution is 5.77. The zero-order chi connectivity index (χ0) is 12.3. The summed E-state index contributed by atoms with van der Waals surface area (Å²) in [4.78, 5) is 13.2. The Morgan fingerprint density at radius 1 is 1.38 bits per heavy atom. The minimum absolute atomic E-state index is 0.00940. The van der Waals surface area contributed by atoms with Crippen LogP contribution in [0.25, 0.3) is 0 Å². The number of rotatable bonds is 4. The van der Waals surface area contributed by atoms with Gasteiger partial charge in [0.1, 0.15) is 5.54 Å². The third-order valence-electron chi connectivity index (χ3n) is 3.68. The van der Waals surface area contributed by atoms with E-state index in [0.717, 1.165) is 25.7 Å². The highest BCUT2D eigenvalue weighted by Crippen LogP contribution is 2.28. The molecule has 1 aliphatic carbocycles. The number of carbonyl (C=O) groups is 1. The topological polar surface area (TPSA) is 60.8 Å². The first-order valence-electron chi connectivity index (χ1n) is 6.09. The van der Waals surface area contributed by atoms with E-state index >= 15 is 0 Å². The van der Waals surface area contributed by atoms with Gasteiger partial charge in [0, 0.05) is 6.04 Å². The quantitative estimate of drug-likeness (QED) is 0.766. The molecule has 4 nitrogen and oxygen atoms in total. The summed E-state index contributed by atoms with van der Waals surface area (Å²) in [6, 6.07) is -0.00940. The van der Waals surface area contributed by atoms with Crippen LogP contribution in [0, 0.1) is 0 Å². The molecule has 94 valence electrons. The molecule has 0 spiro atoms. The second kappa shape index (κ2) is 5.15. The van der Waals surface area contributed by atoms with Gasteiger partial charge in [-0.1, -0.05) is 19.8 Å². The van der Waals surface area contributed by atoms with Crippen LogP contribution >= 0.6 is 0 Å². The lowest BCUT2D eigenvalue weighted by molar-refractivity contribution is -0.153. The zero-order valence-corrected chi connectivity index (χ0v) is 10.4. The molecular formula is C12H23NO3. The molecule has 1 rings (SSSR count). The Morgan fingerprint density at radius 2 is 1.94 bits per heavy atom. The maximum atomic E-state index is 11.2. The van der Waals surface area contributed by atoms with Crippen molar-refractivity contribution in [1.29, 1.82) is 0 Å². The fourth-order valence-electron chi connectivity index (χ4n) is 2.62. The van der Waals surface area contributed by atoms with Gasteiger partial charge in [-0.25, -0.2) is 0 Å². The summed E-state index contributed by atoms with van der Waals surface area (Å²) >= 11 is 0. The van der Waals surface area contributed by atoms with Crippen LogP contribution < -0.4 is 0 Å². The molecule has 0 bridgehead atoms. The fourth-order valence-corrected chi connectivity index (χ4v) is 2.62. The van der Waals surface area contributed by atoms with Gasteiger partial charge in [-0.15, -0.1) is 0 Å². The second-order valence-electron chi connectivity index (χ2n) is 5.07. The first-order valence-corrected chi connectivity index (χ1v) is 6.09. The van der Waals surface area contributed by atoms with Gasteiger partial charge in [-0.2, -0.15) is 0 Å². The van der Waals surface area contributed by atoms with Crippen molar-refractivity contribution in [3.63, 3.8) is 0 Å². The summed E-state index contributed by atoms with van der Waals surface area (Å²) in [5, 5.41) is 19.2. The molecule has 0 aromatic rings. The van der Waals surface area contributed by atoms with Crippen LogP contribution in [-0.2, 0) is 4.79 Å². The molecular weight excluding hydrogens is 206 g/mol. The van der Waals surface area contributed by atoms with Gasteiger partial charge in [0.15, 0.2) is 0 Å². The Bertz CT molecular complexity index is 253. The zero-order valence-electron chi connectivity index (χ0n) is 10.4. The van der Waals surface area contributed by atoms with E-state index in [0.29, 0.717) is 6.54 Å². The Balaban J connectivity index is 2.83. The maximum absolute atomic E-state index is 11.2. The maximum Gasteiger partial charge on any atom is 0.323 e. The Kier molecular flexibility index (Phi) is 4.33. The number of aliphatic carboxylic acids is 1. The fraction of sp³-hybridized carbons (Fsp3) is 0.917. The molecule has 0 aromatic carbocycles. The van der Waals surface area contributed by atoms with E-state index in [2.05, 4.69) is 0 Å². The van der Waals surface area contributed by atoms with Crippen molar-refractivity contribution < 1.29 is 15.0 Å². The van der Waals surface area contributed by atoms with Crippen LogP contribution in [0.5, 0.6) is 0 Å². The number of carboxylic acids is 1. The Hall–Kier alpha value is -0.610. The van der Waals surface area contributed by atoms with Crippen molar-refractivity contribution in [2.45, 2.75) is 64.1 Å². The smallest absolute Gasteiger partial charge is 0.323 e. The van der Waals surface area contributed by atoms with Crippen LogP contribution in [0.15, 0.2) is 0 Å². The summed E-state index contributed by atoms with van der Waals surface area (Å²) in [6.45, 7) is 6.02. The van der Waals surface area contributed by atoms with Gasteiger partial charge in [-0.05, 0) is 33.2 Å². The molecule has 0 saturated heterocycles. The van der Waals surface area contributed by atoms with Crippen LogP contribution in [0.4, 0.5) is 0 Å². The first kappa shape index (κ1) is 13.5. The lowest BCUT2D eigenvalue weighted by Crippen LogP contribution is -2.58. The lowest BCUT2D eigenvalue weighted by atomic mass is 9.88. The monoisotopic (exact) mass is 229 g/mol. The molecule has 1 aliphatic rings. The van der Waals surface area contributed by atoms with Gasteiger partial charge >= 0.3 is 5.97 Å². The highest BCUT2D eigenvalue weighted by Gasteiger charge is 2.40. The number of likely N-dealkylation sites (N-methyl/N-ethyl adjacent to an activating group) is 1. The molecule has 0 amide bonds. The van der Waals surface area contributed by atoms with Crippen molar-refractivity contribution in [2.24, 2.45) is 0 Å². The van der Waals surface area contributed by atoms with E-state index in [1.54, 1.807) is 13.8 Å². The molecule has 1 fully saturated rings. The van der Waals surface area contributed by atoms with Gasteiger partial charge in [0.05, 0.1) is 6.10 Å². The SMILES string of the molecule is CCN(C1CCCCC1O)C(C)(C)C(=O)O. The van der Waals surface area contributed by atoms with Crippen molar-refractivity contribution in [2.75, 3.05) is 6.54 Å². The molecule has 2 unspecified atom stereocenters. The normalized spacial score (nSPS) is 27.1. The number of aliphatic hydroxyl groups is 1. The average Bonchev–Trinajstić information content (AvgIpc) is 2.21. The van der Waals surface area contributed by atoms with Crippen molar-refractivity contribution in [3.05, 3.63) is 0 Å². The number of aliphatic hydroxyl groups excluding tert-OH is 1. The largest absolute Gasteiger partial charge is 0.480 e. The molecule has 0 radical (unpaired) electrons. The van der Waals surface area contributed by atoms with Crippen molar-refractivity contribution in [3.8, 4) is 0 Å². The molecule has 2 N–H and O–H groups in total. The van der Waals surface area contributed by atoms with Crippen LogP contribution in [0.3, 0.4) is 0 Å². The van der Waals surface area contributed by atoms with Crippen LogP contribution in [0.2, 0.25) is 0 Å². The summed E-state index contributed by atoms with van der Waals surface area (Å²) in [5.41, 5.74) is -0.905. The van der Waals surface area contributed by atoms with E-state index in [4.69, 9.17) is 0 Å². The van der Waals surface area contributed by atoms with Crippen molar-refractivity contribution in [1.82, 2.24) is 4.90 Å². The minimum atomic E-state index is -0.905. The summed E-state index contributed by atoms with van der Waals surface area (Å²) in [5.74, 6) is -0.827. The number of nitrogens with zero attached hydrogens (tertiary/aromatic N) is 1. The third-order valence-corrected chi connectivity index (χ3v) is 3.68. The molecule has 0 heterocycles.